The zero-order valence-electron chi connectivity index (χ0n) is 10.2. The number of amides is 2. The Labute approximate surface area is 105 Å². The zero-order chi connectivity index (χ0) is 13.7. The highest BCUT2D eigenvalue weighted by molar-refractivity contribution is 5.97. The molecule has 0 radical (unpaired) electrons. The summed E-state index contributed by atoms with van der Waals surface area (Å²) in [5.74, 6) is -1.47. The van der Waals surface area contributed by atoms with Crippen molar-refractivity contribution in [3.63, 3.8) is 0 Å². The molecule has 4 N–H and O–H groups in total. The van der Waals surface area contributed by atoms with Crippen molar-refractivity contribution in [3.05, 3.63) is 23.8 Å². The zero-order valence-corrected chi connectivity index (χ0v) is 10.2. The molecule has 1 aromatic rings. The molecule has 0 aliphatic rings. The van der Waals surface area contributed by atoms with Crippen molar-refractivity contribution in [1.29, 1.82) is 0 Å². The first kappa shape index (κ1) is 13.8. The Morgan fingerprint density at radius 1 is 1.22 bits per heavy atom. The van der Waals surface area contributed by atoms with E-state index in [1.807, 2.05) is 13.8 Å². The SMILES string of the molecule is CC(C)NC(=O)CNC(=O)c1ccc(O)c(O)c1. The third-order valence-corrected chi connectivity index (χ3v) is 2.10. The first-order valence-electron chi connectivity index (χ1n) is 5.49. The predicted octanol–water partition coefficient (Wildman–Crippen LogP) is 0.352. The van der Waals surface area contributed by atoms with Crippen LogP contribution in [0.5, 0.6) is 11.5 Å². The lowest BCUT2D eigenvalue weighted by atomic mass is 10.2. The molecule has 0 aliphatic carbocycles. The van der Waals surface area contributed by atoms with E-state index >= 15 is 0 Å². The van der Waals surface area contributed by atoms with E-state index in [2.05, 4.69) is 10.6 Å². The number of hydrogen-bond donors (Lipinski definition) is 4. The molecule has 0 heterocycles. The predicted molar refractivity (Wildman–Crippen MR) is 65.4 cm³/mol. The molecule has 2 amide bonds. The minimum atomic E-state index is -0.496. The Hall–Kier alpha value is -2.24. The highest BCUT2D eigenvalue weighted by Gasteiger charge is 2.10. The number of aromatic hydroxyl groups is 2. The summed E-state index contributed by atoms with van der Waals surface area (Å²) in [4.78, 5) is 22.9. The molecule has 0 spiro atoms. The fraction of sp³-hybridized carbons (Fsp3) is 0.333. The first-order chi connectivity index (χ1) is 8.40. The molecule has 18 heavy (non-hydrogen) atoms. The summed E-state index contributed by atoms with van der Waals surface area (Å²) in [6.07, 6.45) is 0. The van der Waals surface area contributed by atoms with Crippen molar-refractivity contribution in [2.45, 2.75) is 19.9 Å². The molecule has 6 nitrogen and oxygen atoms in total. The van der Waals surface area contributed by atoms with Crippen LogP contribution in [0.3, 0.4) is 0 Å². The van der Waals surface area contributed by atoms with Crippen molar-refractivity contribution < 1.29 is 19.8 Å². The summed E-state index contributed by atoms with van der Waals surface area (Å²) >= 11 is 0. The van der Waals surface area contributed by atoms with E-state index in [1.54, 1.807) is 0 Å². The number of carbonyl (C=O) groups excluding carboxylic acids is 2. The molecular weight excluding hydrogens is 236 g/mol. The second kappa shape index (κ2) is 5.90. The topological polar surface area (TPSA) is 98.7 Å². The van der Waals surface area contributed by atoms with Crippen LogP contribution < -0.4 is 10.6 Å². The van der Waals surface area contributed by atoms with Crippen molar-refractivity contribution in [1.82, 2.24) is 10.6 Å². The van der Waals surface area contributed by atoms with Crippen LogP contribution >= 0.6 is 0 Å². The van der Waals surface area contributed by atoms with Gasteiger partial charge in [-0.3, -0.25) is 9.59 Å². The molecule has 98 valence electrons. The Balaban J connectivity index is 2.55. The van der Waals surface area contributed by atoms with Crippen molar-refractivity contribution in [3.8, 4) is 11.5 Å². The van der Waals surface area contributed by atoms with Crippen molar-refractivity contribution in [2.75, 3.05) is 6.54 Å². The average Bonchev–Trinajstić information content (AvgIpc) is 2.28. The fourth-order valence-corrected chi connectivity index (χ4v) is 1.30. The van der Waals surface area contributed by atoms with Crippen LogP contribution in [0.25, 0.3) is 0 Å². The van der Waals surface area contributed by atoms with E-state index in [0.29, 0.717) is 0 Å². The number of benzene rings is 1. The highest BCUT2D eigenvalue weighted by Crippen LogP contribution is 2.24. The summed E-state index contributed by atoms with van der Waals surface area (Å²) in [5, 5.41) is 23.4. The van der Waals surface area contributed by atoms with E-state index in [0.717, 1.165) is 6.07 Å². The van der Waals surface area contributed by atoms with Crippen LogP contribution in [-0.2, 0) is 4.79 Å². The van der Waals surface area contributed by atoms with Gasteiger partial charge in [-0.1, -0.05) is 0 Å². The van der Waals surface area contributed by atoms with Crippen LogP contribution in [0, 0.1) is 0 Å². The van der Waals surface area contributed by atoms with E-state index in [9.17, 15) is 14.7 Å². The molecule has 0 saturated carbocycles. The Morgan fingerprint density at radius 2 is 1.89 bits per heavy atom. The number of phenolic OH excluding ortho intramolecular Hbond substituents is 2. The third-order valence-electron chi connectivity index (χ3n) is 2.10. The number of carbonyl (C=O) groups is 2. The standard InChI is InChI=1S/C12H16N2O4/c1-7(2)14-11(17)6-13-12(18)8-3-4-9(15)10(16)5-8/h3-5,7,15-16H,6H2,1-2H3,(H,13,18)(H,14,17). The lowest BCUT2D eigenvalue weighted by molar-refractivity contribution is -0.120. The normalized spacial score (nSPS) is 10.2. The summed E-state index contributed by atoms with van der Waals surface area (Å²) in [6, 6.07) is 3.70. The van der Waals surface area contributed by atoms with Gasteiger partial charge in [0.1, 0.15) is 0 Å². The van der Waals surface area contributed by atoms with E-state index in [1.165, 1.54) is 12.1 Å². The van der Waals surface area contributed by atoms with Gasteiger partial charge >= 0.3 is 0 Å². The van der Waals surface area contributed by atoms with Crippen LogP contribution in [0.4, 0.5) is 0 Å². The molecule has 0 atom stereocenters. The van der Waals surface area contributed by atoms with Gasteiger partial charge in [-0.25, -0.2) is 0 Å². The molecule has 0 fully saturated rings. The molecule has 0 aliphatic heterocycles. The van der Waals surface area contributed by atoms with E-state index in [-0.39, 0.29) is 35.6 Å². The van der Waals surface area contributed by atoms with Gasteiger partial charge in [0.25, 0.3) is 5.91 Å². The third kappa shape index (κ3) is 3.97. The maximum atomic E-state index is 11.6. The maximum Gasteiger partial charge on any atom is 0.251 e. The van der Waals surface area contributed by atoms with Gasteiger partial charge in [0.15, 0.2) is 11.5 Å². The van der Waals surface area contributed by atoms with Gasteiger partial charge in [-0.15, -0.1) is 0 Å². The summed E-state index contributed by atoms with van der Waals surface area (Å²) in [5.41, 5.74) is 0.169. The summed E-state index contributed by atoms with van der Waals surface area (Å²) < 4.78 is 0. The van der Waals surface area contributed by atoms with Crippen LogP contribution in [0.15, 0.2) is 18.2 Å². The second-order valence-corrected chi connectivity index (χ2v) is 4.11. The smallest absolute Gasteiger partial charge is 0.251 e. The summed E-state index contributed by atoms with van der Waals surface area (Å²) in [6.45, 7) is 3.49. The Morgan fingerprint density at radius 3 is 2.44 bits per heavy atom. The van der Waals surface area contributed by atoms with Crippen LogP contribution in [-0.4, -0.2) is 34.6 Å². The molecule has 1 aromatic carbocycles. The van der Waals surface area contributed by atoms with Crippen LogP contribution in [0.2, 0.25) is 0 Å². The lowest BCUT2D eigenvalue weighted by Gasteiger charge is -2.09. The summed E-state index contributed by atoms with van der Waals surface area (Å²) in [7, 11) is 0. The van der Waals surface area contributed by atoms with Gasteiger partial charge < -0.3 is 20.8 Å². The number of nitrogens with one attached hydrogen (secondary N) is 2. The highest BCUT2D eigenvalue weighted by atomic mass is 16.3. The largest absolute Gasteiger partial charge is 0.504 e. The van der Waals surface area contributed by atoms with Gasteiger partial charge in [0, 0.05) is 11.6 Å². The molecule has 1 rings (SSSR count). The fourth-order valence-electron chi connectivity index (χ4n) is 1.30. The van der Waals surface area contributed by atoms with Gasteiger partial charge in [0.05, 0.1) is 6.54 Å². The molecule has 0 unspecified atom stereocenters. The molecule has 6 heteroatoms. The number of rotatable bonds is 4. The van der Waals surface area contributed by atoms with Gasteiger partial charge in [-0.05, 0) is 32.0 Å². The monoisotopic (exact) mass is 252 g/mol. The molecular formula is C12H16N2O4. The minimum absolute atomic E-state index is 0.00659. The van der Waals surface area contributed by atoms with E-state index in [4.69, 9.17) is 5.11 Å². The minimum Gasteiger partial charge on any atom is -0.504 e. The second-order valence-electron chi connectivity index (χ2n) is 4.11. The van der Waals surface area contributed by atoms with Crippen LogP contribution in [0.1, 0.15) is 24.2 Å². The molecule has 0 bridgehead atoms. The Bertz CT molecular complexity index is 457. The van der Waals surface area contributed by atoms with Gasteiger partial charge in [0.2, 0.25) is 5.91 Å². The van der Waals surface area contributed by atoms with E-state index < -0.39 is 5.91 Å². The quantitative estimate of drug-likeness (QED) is 0.581. The maximum absolute atomic E-state index is 11.6. The molecule has 0 aromatic heterocycles. The van der Waals surface area contributed by atoms with Crippen molar-refractivity contribution >= 4 is 11.8 Å². The van der Waals surface area contributed by atoms with Crippen molar-refractivity contribution in [2.24, 2.45) is 0 Å². The number of phenols is 2. The lowest BCUT2D eigenvalue weighted by Crippen LogP contribution is -2.39. The Kier molecular flexibility index (Phi) is 4.53. The first-order valence-corrected chi connectivity index (χ1v) is 5.49. The number of hydrogen-bond acceptors (Lipinski definition) is 4. The molecule has 0 saturated heterocycles. The van der Waals surface area contributed by atoms with Gasteiger partial charge in [-0.2, -0.15) is 0 Å². The average molecular weight is 252 g/mol.